The average Bonchev–Trinajstić information content (AvgIpc) is 3.17. The van der Waals surface area contributed by atoms with E-state index >= 15 is 0 Å². The first-order valence-electron chi connectivity index (χ1n) is 9.86. The molecule has 1 aromatic heterocycles. The summed E-state index contributed by atoms with van der Waals surface area (Å²) in [5.74, 6) is -0.0518. The number of morpholine rings is 1. The van der Waals surface area contributed by atoms with Gasteiger partial charge >= 0.3 is 0 Å². The van der Waals surface area contributed by atoms with Crippen molar-refractivity contribution in [2.75, 3.05) is 36.5 Å². The number of ether oxygens (including phenoxy) is 2. The lowest BCUT2D eigenvalue weighted by Crippen LogP contribution is -2.42. The van der Waals surface area contributed by atoms with Gasteiger partial charge in [-0.3, -0.25) is 10.1 Å². The molecule has 7 nitrogen and oxygen atoms in total. The highest BCUT2D eigenvalue weighted by molar-refractivity contribution is 7.80. The van der Waals surface area contributed by atoms with Gasteiger partial charge in [-0.15, -0.1) is 0 Å². The fourth-order valence-corrected chi connectivity index (χ4v) is 4.76. The number of carbonyl (C=O) groups is 1. The molecule has 1 aliphatic rings. The van der Waals surface area contributed by atoms with Gasteiger partial charge in [0, 0.05) is 23.8 Å². The maximum absolute atomic E-state index is 12.5. The normalized spacial score (nSPS) is 14.8. The largest absolute Gasteiger partial charge is 0.479 e. The van der Waals surface area contributed by atoms with Gasteiger partial charge < -0.3 is 19.7 Å². The van der Waals surface area contributed by atoms with E-state index in [9.17, 15) is 4.79 Å². The SMILES string of the molecule is CC(Oc1ccc(Cl)cc1Cl)C(=O)NC(=S)Nc1nc2ccc(N3CCOCC3)cc2s1. The van der Waals surface area contributed by atoms with Crippen LogP contribution < -0.4 is 20.3 Å². The minimum absolute atomic E-state index is 0.139. The molecule has 32 heavy (non-hydrogen) atoms. The molecule has 1 aliphatic heterocycles. The Bertz CT molecular complexity index is 1150. The van der Waals surface area contributed by atoms with Crippen molar-refractivity contribution in [1.82, 2.24) is 10.3 Å². The van der Waals surface area contributed by atoms with E-state index in [1.807, 2.05) is 6.07 Å². The van der Waals surface area contributed by atoms with Gasteiger partial charge in [-0.1, -0.05) is 34.5 Å². The molecule has 1 atom stereocenters. The number of nitrogens with one attached hydrogen (secondary N) is 2. The zero-order valence-electron chi connectivity index (χ0n) is 17.1. The summed E-state index contributed by atoms with van der Waals surface area (Å²) in [7, 11) is 0. The van der Waals surface area contributed by atoms with Crippen molar-refractivity contribution in [2.45, 2.75) is 13.0 Å². The molecule has 1 amide bonds. The Labute approximate surface area is 204 Å². The fraction of sp³-hybridized carbons (Fsp3) is 0.286. The Balaban J connectivity index is 1.36. The first-order chi connectivity index (χ1) is 15.4. The number of fused-ring (bicyclic) bond motifs is 1. The number of thiocarbonyl (C=S) groups is 1. The molecule has 2 N–H and O–H groups in total. The third-order valence-electron chi connectivity index (χ3n) is 4.77. The molecular weight excluding hydrogens is 491 g/mol. The number of hydrogen-bond acceptors (Lipinski definition) is 7. The second-order valence-electron chi connectivity index (χ2n) is 7.05. The number of carbonyl (C=O) groups excluding carboxylic acids is 1. The number of anilines is 2. The van der Waals surface area contributed by atoms with Gasteiger partial charge in [0.1, 0.15) is 5.75 Å². The molecule has 11 heteroatoms. The van der Waals surface area contributed by atoms with Crippen molar-refractivity contribution < 1.29 is 14.3 Å². The van der Waals surface area contributed by atoms with E-state index in [-0.39, 0.29) is 5.11 Å². The Hall–Kier alpha value is -2.17. The van der Waals surface area contributed by atoms with Crippen molar-refractivity contribution in [2.24, 2.45) is 0 Å². The highest BCUT2D eigenvalue weighted by atomic mass is 35.5. The molecule has 2 aromatic carbocycles. The molecule has 1 saturated heterocycles. The number of amides is 1. The zero-order chi connectivity index (χ0) is 22.7. The second-order valence-corrected chi connectivity index (χ2v) is 9.33. The summed E-state index contributed by atoms with van der Waals surface area (Å²) < 4.78 is 12.1. The molecule has 0 aliphatic carbocycles. The van der Waals surface area contributed by atoms with Crippen LogP contribution >= 0.6 is 46.8 Å². The van der Waals surface area contributed by atoms with Crippen molar-refractivity contribution >= 4 is 78.8 Å². The highest BCUT2D eigenvalue weighted by Gasteiger charge is 2.18. The third kappa shape index (κ3) is 5.60. The van der Waals surface area contributed by atoms with Crippen LogP contribution in [-0.4, -0.2) is 48.4 Å². The van der Waals surface area contributed by atoms with Crippen LogP contribution in [0.4, 0.5) is 10.8 Å². The maximum Gasteiger partial charge on any atom is 0.266 e. The lowest BCUT2D eigenvalue weighted by atomic mass is 10.2. The quantitative estimate of drug-likeness (QED) is 0.480. The molecule has 1 fully saturated rings. The maximum atomic E-state index is 12.5. The van der Waals surface area contributed by atoms with Crippen molar-refractivity contribution in [1.29, 1.82) is 0 Å². The van der Waals surface area contributed by atoms with Gasteiger partial charge in [0.2, 0.25) is 0 Å². The summed E-state index contributed by atoms with van der Waals surface area (Å²) in [5, 5.41) is 7.13. The number of halogens is 2. The Morgan fingerprint density at radius 2 is 2.03 bits per heavy atom. The van der Waals surface area contributed by atoms with Crippen LogP contribution in [0.3, 0.4) is 0 Å². The molecule has 168 valence electrons. The zero-order valence-corrected chi connectivity index (χ0v) is 20.2. The predicted octanol–water partition coefficient (Wildman–Crippen LogP) is 4.72. The number of rotatable bonds is 5. The minimum Gasteiger partial charge on any atom is -0.479 e. The molecule has 4 rings (SSSR count). The van der Waals surface area contributed by atoms with Gasteiger partial charge in [-0.2, -0.15) is 0 Å². The first-order valence-corrected chi connectivity index (χ1v) is 11.8. The molecule has 0 radical (unpaired) electrons. The summed E-state index contributed by atoms with van der Waals surface area (Å²) in [6.45, 7) is 4.80. The molecule has 0 saturated carbocycles. The van der Waals surface area contributed by atoms with E-state index in [1.165, 1.54) is 11.3 Å². The van der Waals surface area contributed by atoms with E-state index in [0.29, 0.717) is 20.9 Å². The number of benzene rings is 2. The van der Waals surface area contributed by atoms with Crippen LogP contribution in [0.2, 0.25) is 10.0 Å². The lowest BCUT2D eigenvalue weighted by molar-refractivity contribution is -0.125. The molecule has 2 heterocycles. The number of aromatic nitrogens is 1. The Morgan fingerprint density at radius 1 is 1.25 bits per heavy atom. The summed E-state index contributed by atoms with van der Waals surface area (Å²) in [4.78, 5) is 19.3. The first kappa shape index (κ1) is 23.0. The van der Waals surface area contributed by atoms with Crippen LogP contribution in [-0.2, 0) is 9.53 Å². The van der Waals surface area contributed by atoms with Gasteiger partial charge in [-0.25, -0.2) is 4.98 Å². The standard InChI is InChI=1S/C21H20Cl2N4O3S2/c1-12(30-17-5-2-13(22)10-15(17)23)19(28)25-20(31)26-21-24-16-4-3-14(11-18(16)32-21)27-6-8-29-9-7-27/h2-5,10-12H,6-9H2,1H3,(H2,24,25,26,28,31). The summed E-state index contributed by atoms with van der Waals surface area (Å²) in [6.07, 6.45) is -0.820. The topological polar surface area (TPSA) is 75.7 Å². The lowest BCUT2D eigenvalue weighted by Gasteiger charge is -2.28. The smallest absolute Gasteiger partial charge is 0.266 e. The fourth-order valence-electron chi connectivity index (χ4n) is 3.14. The third-order valence-corrected chi connectivity index (χ3v) is 6.44. The van der Waals surface area contributed by atoms with E-state index in [0.717, 1.165) is 42.2 Å². The van der Waals surface area contributed by atoms with Gasteiger partial charge in [0.15, 0.2) is 16.3 Å². The highest BCUT2D eigenvalue weighted by Crippen LogP contribution is 2.30. The van der Waals surface area contributed by atoms with Crippen molar-refractivity contribution in [3.05, 3.63) is 46.4 Å². The molecular formula is C21H20Cl2N4O3S2. The second kappa shape index (κ2) is 10.2. The Kier molecular flexibility index (Phi) is 7.32. The summed E-state index contributed by atoms with van der Waals surface area (Å²) in [6, 6.07) is 10.9. The van der Waals surface area contributed by atoms with Gasteiger partial charge in [-0.05, 0) is 55.5 Å². The molecule has 0 bridgehead atoms. The van der Waals surface area contributed by atoms with E-state index in [2.05, 4.69) is 32.7 Å². The van der Waals surface area contributed by atoms with Crippen LogP contribution in [0.15, 0.2) is 36.4 Å². The van der Waals surface area contributed by atoms with E-state index in [1.54, 1.807) is 25.1 Å². The summed E-state index contributed by atoms with van der Waals surface area (Å²) >= 11 is 18.7. The molecule has 1 unspecified atom stereocenters. The number of nitrogens with zero attached hydrogens (tertiary/aromatic N) is 2. The minimum atomic E-state index is -0.820. The van der Waals surface area contributed by atoms with Crippen molar-refractivity contribution in [3.8, 4) is 5.75 Å². The van der Waals surface area contributed by atoms with Crippen LogP contribution in [0.5, 0.6) is 5.75 Å². The molecule has 0 spiro atoms. The van der Waals surface area contributed by atoms with Crippen LogP contribution in [0, 0.1) is 0 Å². The van der Waals surface area contributed by atoms with Crippen LogP contribution in [0.1, 0.15) is 6.92 Å². The van der Waals surface area contributed by atoms with Gasteiger partial charge in [0.25, 0.3) is 5.91 Å². The van der Waals surface area contributed by atoms with E-state index in [4.69, 9.17) is 44.9 Å². The van der Waals surface area contributed by atoms with Crippen LogP contribution in [0.25, 0.3) is 10.2 Å². The number of thiazole rings is 1. The number of hydrogen-bond donors (Lipinski definition) is 2. The van der Waals surface area contributed by atoms with E-state index < -0.39 is 12.0 Å². The van der Waals surface area contributed by atoms with Crippen molar-refractivity contribution in [3.63, 3.8) is 0 Å². The molecule has 3 aromatic rings. The Morgan fingerprint density at radius 3 is 2.78 bits per heavy atom. The monoisotopic (exact) mass is 510 g/mol. The average molecular weight is 511 g/mol. The predicted molar refractivity (Wildman–Crippen MR) is 134 cm³/mol. The summed E-state index contributed by atoms with van der Waals surface area (Å²) in [5.41, 5.74) is 2.00. The van der Waals surface area contributed by atoms with Gasteiger partial charge in [0.05, 0.1) is 28.5 Å².